The van der Waals surface area contributed by atoms with Crippen molar-refractivity contribution in [2.24, 2.45) is 0 Å². The van der Waals surface area contributed by atoms with Crippen molar-refractivity contribution < 1.29 is 9.47 Å². The van der Waals surface area contributed by atoms with Crippen LogP contribution in [0.1, 0.15) is 26.1 Å². The summed E-state index contributed by atoms with van der Waals surface area (Å²) in [5.41, 5.74) is 0. The van der Waals surface area contributed by atoms with Gasteiger partial charge in [0.15, 0.2) is 0 Å². The standard InChI is InChI=1S/C15H26N4O2/c1-5-7-16-14-8-15(18-13(6-2)17-14)19-9-11(20-3)12(10-19)21-4/h8,11-12H,5-7,9-10H2,1-4H3,(H,16,17,18). The first-order valence-corrected chi connectivity index (χ1v) is 7.64. The number of hydrogen-bond donors (Lipinski definition) is 1. The topological polar surface area (TPSA) is 59.5 Å². The monoisotopic (exact) mass is 294 g/mol. The Bertz CT molecular complexity index is 443. The Hall–Kier alpha value is -1.40. The van der Waals surface area contributed by atoms with Crippen LogP contribution in [-0.4, -0.2) is 56.0 Å². The molecule has 1 aromatic rings. The minimum absolute atomic E-state index is 0.0853. The van der Waals surface area contributed by atoms with Crippen LogP contribution < -0.4 is 10.2 Å². The van der Waals surface area contributed by atoms with Gasteiger partial charge in [-0.1, -0.05) is 13.8 Å². The van der Waals surface area contributed by atoms with Gasteiger partial charge in [-0.15, -0.1) is 0 Å². The molecule has 1 fully saturated rings. The highest BCUT2D eigenvalue weighted by Crippen LogP contribution is 2.24. The quantitative estimate of drug-likeness (QED) is 0.826. The Balaban J connectivity index is 2.18. The van der Waals surface area contributed by atoms with Crippen LogP contribution in [-0.2, 0) is 15.9 Å². The van der Waals surface area contributed by atoms with Gasteiger partial charge in [0.1, 0.15) is 29.7 Å². The molecule has 0 aliphatic carbocycles. The van der Waals surface area contributed by atoms with Gasteiger partial charge in [0.25, 0.3) is 0 Å². The van der Waals surface area contributed by atoms with E-state index in [1.54, 1.807) is 14.2 Å². The van der Waals surface area contributed by atoms with Crippen molar-refractivity contribution in [1.29, 1.82) is 0 Å². The van der Waals surface area contributed by atoms with Gasteiger partial charge in [-0.25, -0.2) is 9.97 Å². The maximum atomic E-state index is 5.49. The van der Waals surface area contributed by atoms with E-state index < -0.39 is 0 Å². The molecular formula is C15H26N4O2. The van der Waals surface area contributed by atoms with Gasteiger partial charge in [-0.2, -0.15) is 0 Å². The van der Waals surface area contributed by atoms with Gasteiger partial charge in [0, 0.05) is 46.3 Å². The lowest BCUT2D eigenvalue weighted by molar-refractivity contribution is -0.00461. The van der Waals surface area contributed by atoms with E-state index in [2.05, 4.69) is 34.0 Å². The third-order valence-electron chi connectivity index (χ3n) is 3.78. The number of hydrogen-bond acceptors (Lipinski definition) is 6. The maximum absolute atomic E-state index is 5.49. The number of anilines is 2. The van der Waals surface area contributed by atoms with Crippen molar-refractivity contribution in [2.45, 2.75) is 38.9 Å². The minimum atomic E-state index is 0.0853. The normalized spacial score (nSPS) is 21.8. The summed E-state index contributed by atoms with van der Waals surface area (Å²) < 4.78 is 11.0. The zero-order valence-corrected chi connectivity index (χ0v) is 13.4. The van der Waals surface area contributed by atoms with Gasteiger partial charge in [0.05, 0.1) is 0 Å². The lowest BCUT2D eigenvalue weighted by Gasteiger charge is -2.18. The van der Waals surface area contributed by atoms with Crippen LogP contribution >= 0.6 is 0 Å². The highest BCUT2D eigenvalue weighted by molar-refractivity contribution is 5.50. The Morgan fingerprint density at radius 1 is 1.19 bits per heavy atom. The summed E-state index contributed by atoms with van der Waals surface area (Å²) in [5.74, 6) is 2.71. The molecule has 0 aromatic carbocycles. The summed E-state index contributed by atoms with van der Waals surface area (Å²) in [6, 6.07) is 2.01. The van der Waals surface area contributed by atoms with Gasteiger partial charge in [-0.05, 0) is 6.42 Å². The van der Waals surface area contributed by atoms with Crippen LogP contribution in [0.4, 0.5) is 11.6 Å². The fourth-order valence-electron chi connectivity index (χ4n) is 2.53. The van der Waals surface area contributed by atoms with Crippen LogP contribution in [0.2, 0.25) is 0 Å². The Kier molecular flexibility index (Phi) is 5.76. The summed E-state index contributed by atoms with van der Waals surface area (Å²) in [4.78, 5) is 11.4. The highest BCUT2D eigenvalue weighted by atomic mass is 16.5. The molecule has 1 aromatic heterocycles. The average Bonchev–Trinajstić information content (AvgIpc) is 2.96. The predicted octanol–water partition coefficient (Wildman–Crippen LogP) is 1.71. The van der Waals surface area contributed by atoms with Gasteiger partial charge < -0.3 is 19.7 Å². The molecule has 0 spiro atoms. The second-order valence-corrected chi connectivity index (χ2v) is 5.26. The zero-order valence-electron chi connectivity index (χ0n) is 13.4. The molecule has 6 heteroatoms. The Labute approximate surface area is 126 Å². The number of nitrogens with one attached hydrogen (secondary N) is 1. The Morgan fingerprint density at radius 2 is 1.86 bits per heavy atom. The average molecular weight is 294 g/mol. The third-order valence-corrected chi connectivity index (χ3v) is 3.78. The van der Waals surface area contributed by atoms with Crippen LogP contribution in [0.3, 0.4) is 0 Å². The molecule has 0 saturated carbocycles. The summed E-state index contributed by atoms with van der Waals surface area (Å²) in [6.07, 6.45) is 2.07. The predicted molar refractivity (Wildman–Crippen MR) is 84.0 cm³/mol. The fraction of sp³-hybridized carbons (Fsp3) is 0.733. The van der Waals surface area contributed by atoms with Crippen molar-refractivity contribution in [3.63, 3.8) is 0 Å². The molecule has 1 saturated heterocycles. The summed E-state index contributed by atoms with van der Waals surface area (Å²) in [6.45, 7) is 6.72. The second-order valence-electron chi connectivity index (χ2n) is 5.26. The van der Waals surface area contributed by atoms with E-state index in [-0.39, 0.29) is 12.2 Å². The number of ether oxygens (including phenoxy) is 2. The summed E-state index contributed by atoms with van der Waals surface area (Å²) in [7, 11) is 3.46. The number of methoxy groups -OCH3 is 2. The molecule has 1 aliphatic heterocycles. The molecule has 118 valence electrons. The number of aryl methyl sites for hydroxylation is 1. The molecule has 1 N–H and O–H groups in total. The molecule has 1 aliphatic rings. The Morgan fingerprint density at radius 3 is 2.38 bits per heavy atom. The molecule has 0 amide bonds. The van der Waals surface area contributed by atoms with Gasteiger partial charge >= 0.3 is 0 Å². The SMILES string of the molecule is CCCNc1cc(N2CC(OC)C(OC)C2)nc(CC)n1. The minimum Gasteiger partial charge on any atom is -0.377 e. The van der Waals surface area contributed by atoms with Crippen molar-refractivity contribution in [3.05, 3.63) is 11.9 Å². The molecule has 2 rings (SSSR count). The van der Waals surface area contributed by atoms with Crippen LogP contribution in [0.5, 0.6) is 0 Å². The lowest BCUT2D eigenvalue weighted by Crippen LogP contribution is -2.27. The fourth-order valence-corrected chi connectivity index (χ4v) is 2.53. The van der Waals surface area contributed by atoms with Crippen molar-refractivity contribution in [3.8, 4) is 0 Å². The molecule has 2 heterocycles. The van der Waals surface area contributed by atoms with Gasteiger partial charge in [0.2, 0.25) is 0 Å². The van der Waals surface area contributed by atoms with E-state index >= 15 is 0 Å². The van der Waals surface area contributed by atoms with E-state index in [4.69, 9.17) is 9.47 Å². The largest absolute Gasteiger partial charge is 0.377 e. The molecule has 0 bridgehead atoms. The summed E-state index contributed by atoms with van der Waals surface area (Å²) in [5, 5.41) is 3.34. The maximum Gasteiger partial charge on any atom is 0.134 e. The van der Waals surface area contributed by atoms with Crippen LogP contribution in [0.25, 0.3) is 0 Å². The zero-order chi connectivity index (χ0) is 15.2. The molecule has 2 unspecified atom stereocenters. The van der Waals surface area contributed by atoms with Crippen LogP contribution in [0.15, 0.2) is 6.07 Å². The van der Waals surface area contributed by atoms with Crippen LogP contribution in [0, 0.1) is 0 Å². The second kappa shape index (κ2) is 7.56. The van der Waals surface area contributed by atoms with E-state index in [9.17, 15) is 0 Å². The molecule has 21 heavy (non-hydrogen) atoms. The molecule has 2 atom stereocenters. The van der Waals surface area contributed by atoms with Gasteiger partial charge in [-0.3, -0.25) is 0 Å². The molecular weight excluding hydrogens is 268 g/mol. The summed E-state index contributed by atoms with van der Waals surface area (Å²) >= 11 is 0. The first-order valence-electron chi connectivity index (χ1n) is 7.64. The van der Waals surface area contributed by atoms with E-state index in [0.29, 0.717) is 0 Å². The van der Waals surface area contributed by atoms with E-state index in [1.165, 1.54) is 0 Å². The first kappa shape index (κ1) is 16.0. The molecule has 6 nitrogen and oxygen atoms in total. The number of aromatic nitrogens is 2. The van der Waals surface area contributed by atoms with E-state index in [0.717, 1.165) is 49.9 Å². The van der Waals surface area contributed by atoms with Crippen molar-refractivity contribution >= 4 is 11.6 Å². The van der Waals surface area contributed by atoms with E-state index in [1.807, 2.05) is 6.07 Å². The number of rotatable bonds is 7. The lowest BCUT2D eigenvalue weighted by atomic mass is 10.3. The molecule has 0 radical (unpaired) electrons. The smallest absolute Gasteiger partial charge is 0.134 e. The van der Waals surface area contributed by atoms with Crippen molar-refractivity contribution in [1.82, 2.24) is 9.97 Å². The third kappa shape index (κ3) is 3.83. The first-order chi connectivity index (χ1) is 10.2. The van der Waals surface area contributed by atoms with Crippen molar-refractivity contribution in [2.75, 3.05) is 44.1 Å². The highest BCUT2D eigenvalue weighted by Gasteiger charge is 2.33. The number of nitrogens with zero attached hydrogens (tertiary/aromatic N) is 3.